The Morgan fingerprint density at radius 2 is 1.42 bits per heavy atom. The lowest BCUT2D eigenvalue weighted by molar-refractivity contribution is -0.144. The summed E-state index contributed by atoms with van der Waals surface area (Å²) in [5.74, 6) is -0.125. The van der Waals surface area contributed by atoms with Gasteiger partial charge in [-0.15, -0.1) is 0 Å². The van der Waals surface area contributed by atoms with Crippen LogP contribution in [0.4, 0.5) is 5.82 Å². The number of anilines is 1. The van der Waals surface area contributed by atoms with Crippen LogP contribution in [-0.4, -0.2) is 38.6 Å². The van der Waals surface area contributed by atoms with E-state index in [4.69, 9.17) is 10.5 Å². The maximum Gasteiger partial charge on any atom is 0.324 e. The predicted molar refractivity (Wildman–Crippen MR) is 138 cm³/mol. The van der Waals surface area contributed by atoms with Crippen molar-refractivity contribution in [2.24, 2.45) is 0 Å². The first-order valence-corrected chi connectivity index (χ1v) is 11.6. The van der Waals surface area contributed by atoms with Gasteiger partial charge in [-0.25, -0.2) is 15.0 Å². The first-order valence-electron chi connectivity index (χ1n) is 11.6. The number of methoxy groups -OCH3 is 1. The summed E-state index contributed by atoms with van der Waals surface area (Å²) in [6, 6.07) is 29.5. The average molecular weight is 479 g/mol. The third kappa shape index (κ3) is 4.18. The third-order valence-corrected chi connectivity index (χ3v) is 6.31. The molecular weight excluding hydrogens is 452 g/mol. The van der Waals surface area contributed by atoms with E-state index in [9.17, 15) is 4.79 Å². The number of carbonyl (C=O) groups is 1. The molecule has 180 valence electrons. The monoisotopic (exact) mass is 478 g/mol. The number of nitrogens with one attached hydrogen (secondary N) is 1. The van der Waals surface area contributed by atoms with Gasteiger partial charge in [-0.2, -0.15) is 0 Å². The molecule has 0 fully saturated rings. The van der Waals surface area contributed by atoms with E-state index >= 15 is 0 Å². The fraction of sp³-hybridized carbons (Fsp3) is 0.143. The molecule has 0 aliphatic carbocycles. The molecule has 0 aliphatic heterocycles. The van der Waals surface area contributed by atoms with Gasteiger partial charge < -0.3 is 15.0 Å². The van der Waals surface area contributed by atoms with Gasteiger partial charge in [0.2, 0.25) is 0 Å². The van der Waals surface area contributed by atoms with Crippen molar-refractivity contribution in [2.75, 3.05) is 12.8 Å². The number of ether oxygens (including phenoxy) is 1. The zero-order chi connectivity index (χ0) is 25.0. The molecule has 2 heterocycles. The highest BCUT2D eigenvalue weighted by atomic mass is 16.5. The van der Waals surface area contributed by atoms with Gasteiger partial charge in [0.05, 0.1) is 25.5 Å². The van der Waals surface area contributed by atoms with Crippen LogP contribution in [0, 0.1) is 0 Å². The van der Waals surface area contributed by atoms with Crippen LogP contribution in [0.1, 0.15) is 16.7 Å². The summed E-state index contributed by atoms with van der Waals surface area (Å²) in [6.07, 6.45) is 3.00. The van der Waals surface area contributed by atoms with Gasteiger partial charge in [0.25, 0.3) is 0 Å². The lowest BCUT2D eigenvalue weighted by Gasteiger charge is -2.39. The molecule has 0 spiro atoms. The Hall–Kier alpha value is -4.56. The molecule has 36 heavy (non-hydrogen) atoms. The summed E-state index contributed by atoms with van der Waals surface area (Å²) in [7, 11) is 1.39. The standard InChI is InChI=1S/C28H26N6O2/c1-36-27(35)23(17-34-19-32-24-25(29)30-18-31-26(24)34)33-28(20-11-5-2-6-12-20,21-13-7-3-8-14-21)22-15-9-4-10-16-22/h2-16,18-19,23,33H,17H2,1H3,(H2,29,30,31)/t23-/m0/s1. The molecule has 3 N–H and O–H groups in total. The lowest BCUT2D eigenvalue weighted by atomic mass is 9.76. The Morgan fingerprint density at radius 1 is 0.889 bits per heavy atom. The van der Waals surface area contributed by atoms with E-state index in [-0.39, 0.29) is 12.4 Å². The van der Waals surface area contributed by atoms with Crippen LogP contribution in [0.25, 0.3) is 11.2 Å². The minimum absolute atomic E-state index is 0.216. The van der Waals surface area contributed by atoms with Crippen molar-refractivity contribution < 1.29 is 9.53 Å². The van der Waals surface area contributed by atoms with Crippen molar-refractivity contribution in [1.29, 1.82) is 0 Å². The molecule has 8 heteroatoms. The molecule has 1 atom stereocenters. The molecule has 0 saturated carbocycles. The largest absolute Gasteiger partial charge is 0.468 e. The molecule has 2 aromatic heterocycles. The molecule has 5 aromatic rings. The number of nitrogens with two attached hydrogens (primary N) is 1. The first kappa shape index (κ1) is 23.2. The number of rotatable bonds is 8. The molecule has 5 rings (SSSR count). The number of aromatic nitrogens is 4. The highest BCUT2D eigenvalue weighted by Crippen LogP contribution is 2.37. The van der Waals surface area contributed by atoms with Crippen LogP contribution in [-0.2, 0) is 21.6 Å². The quantitative estimate of drug-likeness (QED) is 0.259. The van der Waals surface area contributed by atoms with E-state index in [1.165, 1.54) is 13.4 Å². The maximum atomic E-state index is 13.2. The minimum atomic E-state index is -0.854. The predicted octanol–water partition coefficient (Wildman–Crippen LogP) is 3.53. The zero-order valence-electron chi connectivity index (χ0n) is 19.8. The number of esters is 1. The highest BCUT2D eigenvalue weighted by Gasteiger charge is 2.40. The summed E-state index contributed by atoms with van der Waals surface area (Å²) >= 11 is 0. The number of imidazole rings is 1. The maximum absolute atomic E-state index is 13.2. The van der Waals surface area contributed by atoms with Crippen molar-refractivity contribution in [3.8, 4) is 0 Å². The summed E-state index contributed by atoms with van der Waals surface area (Å²) in [6.45, 7) is 0.216. The summed E-state index contributed by atoms with van der Waals surface area (Å²) in [5.41, 5.74) is 9.11. The molecule has 0 radical (unpaired) electrons. The number of fused-ring (bicyclic) bond motifs is 1. The van der Waals surface area contributed by atoms with E-state index < -0.39 is 17.6 Å². The number of nitrogens with zero attached hydrogens (tertiary/aromatic N) is 4. The molecule has 0 bridgehead atoms. The van der Waals surface area contributed by atoms with Crippen LogP contribution in [0.15, 0.2) is 104 Å². The van der Waals surface area contributed by atoms with Gasteiger partial charge >= 0.3 is 5.97 Å². The Balaban J connectivity index is 1.68. The van der Waals surface area contributed by atoms with Crippen LogP contribution in [0.5, 0.6) is 0 Å². The van der Waals surface area contributed by atoms with Gasteiger partial charge in [-0.05, 0) is 16.7 Å². The molecular formula is C28H26N6O2. The average Bonchev–Trinajstić information content (AvgIpc) is 3.36. The molecule has 0 saturated heterocycles. The fourth-order valence-electron chi connectivity index (χ4n) is 4.63. The number of carbonyl (C=O) groups excluding carboxylic acids is 1. The van der Waals surface area contributed by atoms with Gasteiger partial charge in [0.1, 0.15) is 17.9 Å². The minimum Gasteiger partial charge on any atom is -0.468 e. The zero-order valence-corrected chi connectivity index (χ0v) is 19.8. The van der Waals surface area contributed by atoms with E-state index in [1.807, 2.05) is 54.6 Å². The van der Waals surface area contributed by atoms with Gasteiger partial charge in [0, 0.05) is 0 Å². The first-order chi connectivity index (χ1) is 17.6. The number of hydrogen-bond acceptors (Lipinski definition) is 7. The molecule has 8 nitrogen and oxygen atoms in total. The van der Waals surface area contributed by atoms with E-state index in [0.29, 0.717) is 11.2 Å². The molecule has 0 amide bonds. The van der Waals surface area contributed by atoms with Crippen molar-refractivity contribution in [1.82, 2.24) is 24.8 Å². The Morgan fingerprint density at radius 3 is 1.92 bits per heavy atom. The van der Waals surface area contributed by atoms with Gasteiger partial charge in [0.15, 0.2) is 11.5 Å². The lowest BCUT2D eigenvalue weighted by Crippen LogP contribution is -2.54. The topological polar surface area (TPSA) is 108 Å². The summed E-state index contributed by atoms with van der Waals surface area (Å²) in [5, 5.41) is 3.69. The normalized spacial score (nSPS) is 12.4. The van der Waals surface area contributed by atoms with Crippen LogP contribution in [0.3, 0.4) is 0 Å². The number of hydrogen-bond donors (Lipinski definition) is 2. The Labute approximate surface area is 208 Å². The van der Waals surface area contributed by atoms with Crippen LogP contribution < -0.4 is 11.1 Å². The summed E-state index contributed by atoms with van der Waals surface area (Å²) in [4.78, 5) is 26.0. The van der Waals surface area contributed by atoms with Crippen molar-refractivity contribution in [2.45, 2.75) is 18.1 Å². The van der Waals surface area contributed by atoms with E-state index in [1.54, 1.807) is 10.9 Å². The highest BCUT2D eigenvalue weighted by molar-refractivity contribution is 5.81. The van der Waals surface area contributed by atoms with Crippen LogP contribution >= 0.6 is 0 Å². The van der Waals surface area contributed by atoms with Crippen molar-refractivity contribution in [3.63, 3.8) is 0 Å². The van der Waals surface area contributed by atoms with Crippen molar-refractivity contribution in [3.05, 3.63) is 120 Å². The van der Waals surface area contributed by atoms with E-state index in [0.717, 1.165) is 16.7 Å². The molecule has 0 aliphatic rings. The smallest absolute Gasteiger partial charge is 0.324 e. The van der Waals surface area contributed by atoms with Crippen molar-refractivity contribution >= 4 is 23.0 Å². The number of nitrogen functional groups attached to an aromatic ring is 1. The second kappa shape index (κ2) is 9.97. The molecule has 0 unspecified atom stereocenters. The van der Waals surface area contributed by atoms with Gasteiger partial charge in [-0.3, -0.25) is 10.1 Å². The molecule has 3 aromatic carbocycles. The van der Waals surface area contributed by atoms with E-state index in [2.05, 4.69) is 56.7 Å². The Kier molecular flexibility index (Phi) is 6.42. The number of benzene rings is 3. The van der Waals surface area contributed by atoms with Crippen LogP contribution in [0.2, 0.25) is 0 Å². The Bertz CT molecular complexity index is 1360. The second-order valence-electron chi connectivity index (χ2n) is 8.40. The van der Waals surface area contributed by atoms with Gasteiger partial charge in [-0.1, -0.05) is 91.0 Å². The fourth-order valence-corrected chi connectivity index (χ4v) is 4.63. The third-order valence-electron chi connectivity index (χ3n) is 6.31. The second-order valence-corrected chi connectivity index (χ2v) is 8.40. The SMILES string of the molecule is COC(=O)[C@H](Cn1cnc2c(N)ncnc21)NC(c1ccccc1)(c1ccccc1)c1ccccc1. The summed E-state index contributed by atoms with van der Waals surface area (Å²) < 4.78 is 7.04.